The summed E-state index contributed by atoms with van der Waals surface area (Å²) in [4.78, 5) is 12.1. The highest BCUT2D eigenvalue weighted by molar-refractivity contribution is 9.11. The first-order valence-corrected chi connectivity index (χ1v) is 7.85. The normalized spacial score (nSPS) is 10.4. The minimum atomic E-state index is -0.0173. The highest BCUT2D eigenvalue weighted by Crippen LogP contribution is 2.26. The lowest BCUT2D eigenvalue weighted by atomic mass is 10.0. The van der Waals surface area contributed by atoms with Crippen LogP contribution in [-0.2, 0) is 11.2 Å². The van der Waals surface area contributed by atoms with E-state index in [1.807, 2.05) is 30.3 Å². The molecule has 0 aliphatic carbocycles. The second-order valence-corrected chi connectivity index (χ2v) is 6.54. The van der Waals surface area contributed by atoms with Gasteiger partial charge in [0.15, 0.2) is 0 Å². The van der Waals surface area contributed by atoms with E-state index in [2.05, 4.69) is 57.1 Å². The van der Waals surface area contributed by atoms with Crippen LogP contribution < -0.4 is 5.32 Å². The van der Waals surface area contributed by atoms with Gasteiger partial charge in [-0.2, -0.15) is 0 Å². The second-order valence-electron chi connectivity index (χ2n) is 4.77. The Bertz CT molecular complexity index is 653. The SMILES string of the molecule is Cc1ccc(CC(=O)Nc2ccc(Br)cc2Br)cc1C. The maximum atomic E-state index is 12.1. The molecule has 2 aromatic carbocycles. The zero-order valence-electron chi connectivity index (χ0n) is 11.3. The van der Waals surface area contributed by atoms with E-state index < -0.39 is 0 Å². The minimum absolute atomic E-state index is 0.0173. The lowest BCUT2D eigenvalue weighted by molar-refractivity contribution is -0.115. The summed E-state index contributed by atoms with van der Waals surface area (Å²) in [5, 5.41) is 2.91. The summed E-state index contributed by atoms with van der Waals surface area (Å²) in [6, 6.07) is 11.8. The summed E-state index contributed by atoms with van der Waals surface area (Å²) in [5.74, 6) is -0.0173. The summed E-state index contributed by atoms with van der Waals surface area (Å²) in [5.41, 5.74) is 4.26. The lowest BCUT2D eigenvalue weighted by Crippen LogP contribution is -2.14. The van der Waals surface area contributed by atoms with Gasteiger partial charge in [-0.1, -0.05) is 34.1 Å². The van der Waals surface area contributed by atoms with E-state index in [1.165, 1.54) is 11.1 Å². The van der Waals surface area contributed by atoms with Crippen molar-refractivity contribution in [1.82, 2.24) is 0 Å². The van der Waals surface area contributed by atoms with Crippen LogP contribution >= 0.6 is 31.9 Å². The van der Waals surface area contributed by atoms with Gasteiger partial charge in [-0.15, -0.1) is 0 Å². The number of amides is 1. The Hall–Kier alpha value is -1.13. The van der Waals surface area contributed by atoms with Crippen LogP contribution in [0.3, 0.4) is 0 Å². The number of benzene rings is 2. The van der Waals surface area contributed by atoms with Crippen molar-refractivity contribution in [3.05, 3.63) is 62.0 Å². The topological polar surface area (TPSA) is 29.1 Å². The molecule has 0 spiro atoms. The molecule has 2 rings (SSSR count). The standard InChI is InChI=1S/C16H15Br2NO/c1-10-3-4-12(7-11(10)2)8-16(20)19-15-6-5-13(17)9-14(15)18/h3-7,9H,8H2,1-2H3,(H,19,20). The third kappa shape index (κ3) is 3.93. The Kier molecular flexibility index (Phi) is 5.00. The summed E-state index contributed by atoms with van der Waals surface area (Å²) < 4.78 is 1.83. The van der Waals surface area contributed by atoms with Gasteiger partial charge in [0.25, 0.3) is 0 Å². The van der Waals surface area contributed by atoms with Crippen molar-refractivity contribution >= 4 is 43.5 Å². The smallest absolute Gasteiger partial charge is 0.228 e. The molecule has 2 nitrogen and oxygen atoms in total. The monoisotopic (exact) mass is 395 g/mol. The molecular formula is C16H15Br2NO. The average Bonchev–Trinajstić information content (AvgIpc) is 2.37. The quantitative estimate of drug-likeness (QED) is 0.776. The van der Waals surface area contributed by atoms with Crippen molar-refractivity contribution in [2.24, 2.45) is 0 Å². The number of hydrogen-bond donors (Lipinski definition) is 1. The Morgan fingerprint density at radius 1 is 1.05 bits per heavy atom. The Morgan fingerprint density at radius 2 is 1.80 bits per heavy atom. The summed E-state index contributed by atoms with van der Waals surface area (Å²) in [6.45, 7) is 4.13. The molecule has 0 bridgehead atoms. The summed E-state index contributed by atoms with van der Waals surface area (Å²) in [6.07, 6.45) is 0.379. The van der Waals surface area contributed by atoms with Gasteiger partial charge < -0.3 is 5.32 Å². The first-order chi connectivity index (χ1) is 9.45. The van der Waals surface area contributed by atoms with Crippen LogP contribution in [-0.4, -0.2) is 5.91 Å². The van der Waals surface area contributed by atoms with Crippen molar-refractivity contribution in [3.63, 3.8) is 0 Å². The Labute approximate surface area is 135 Å². The number of hydrogen-bond acceptors (Lipinski definition) is 1. The van der Waals surface area contributed by atoms with Crippen LogP contribution in [0.15, 0.2) is 45.3 Å². The zero-order valence-corrected chi connectivity index (χ0v) is 14.5. The maximum Gasteiger partial charge on any atom is 0.228 e. The molecule has 0 fully saturated rings. The molecular weight excluding hydrogens is 382 g/mol. The van der Waals surface area contributed by atoms with Crippen LogP contribution in [0.5, 0.6) is 0 Å². The molecule has 20 heavy (non-hydrogen) atoms. The van der Waals surface area contributed by atoms with Gasteiger partial charge in [-0.05, 0) is 64.7 Å². The second kappa shape index (κ2) is 6.55. The lowest BCUT2D eigenvalue weighted by Gasteiger charge is -2.09. The van der Waals surface area contributed by atoms with Crippen molar-refractivity contribution < 1.29 is 4.79 Å². The van der Waals surface area contributed by atoms with Crippen molar-refractivity contribution in [3.8, 4) is 0 Å². The van der Waals surface area contributed by atoms with Crippen molar-refractivity contribution in [2.45, 2.75) is 20.3 Å². The molecule has 0 aromatic heterocycles. The van der Waals surface area contributed by atoms with E-state index in [9.17, 15) is 4.79 Å². The zero-order chi connectivity index (χ0) is 14.7. The van der Waals surface area contributed by atoms with E-state index in [0.717, 1.165) is 20.2 Å². The molecule has 1 N–H and O–H groups in total. The van der Waals surface area contributed by atoms with Crippen LogP contribution in [0, 0.1) is 13.8 Å². The molecule has 0 saturated heterocycles. The molecule has 0 atom stereocenters. The minimum Gasteiger partial charge on any atom is -0.325 e. The van der Waals surface area contributed by atoms with E-state index in [1.54, 1.807) is 0 Å². The molecule has 0 unspecified atom stereocenters. The maximum absolute atomic E-state index is 12.1. The summed E-state index contributed by atoms with van der Waals surface area (Å²) in [7, 11) is 0. The predicted octanol–water partition coefficient (Wildman–Crippen LogP) is 5.01. The molecule has 0 aliphatic rings. The number of carbonyl (C=O) groups is 1. The van der Waals surface area contributed by atoms with Gasteiger partial charge in [0.2, 0.25) is 5.91 Å². The van der Waals surface area contributed by atoms with E-state index in [4.69, 9.17) is 0 Å². The number of carbonyl (C=O) groups excluding carboxylic acids is 1. The third-order valence-corrected chi connectivity index (χ3v) is 4.29. The van der Waals surface area contributed by atoms with Crippen LogP contribution in [0.4, 0.5) is 5.69 Å². The van der Waals surface area contributed by atoms with Gasteiger partial charge in [0.05, 0.1) is 12.1 Å². The van der Waals surface area contributed by atoms with Crippen LogP contribution in [0.1, 0.15) is 16.7 Å². The largest absolute Gasteiger partial charge is 0.325 e. The molecule has 4 heteroatoms. The Balaban J connectivity index is 2.07. The van der Waals surface area contributed by atoms with Crippen molar-refractivity contribution in [1.29, 1.82) is 0 Å². The van der Waals surface area contributed by atoms with Crippen LogP contribution in [0.2, 0.25) is 0 Å². The van der Waals surface area contributed by atoms with Gasteiger partial charge >= 0.3 is 0 Å². The molecule has 2 aromatic rings. The summed E-state index contributed by atoms with van der Waals surface area (Å²) >= 11 is 6.83. The molecule has 0 saturated carbocycles. The van der Waals surface area contributed by atoms with E-state index in [0.29, 0.717) is 6.42 Å². The fourth-order valence-electron chi connectivity index (χ4n) is 1.88. The fourth-order valence-corrected chi connectivity index (χ4v) is 3.03. The first-order valence-electron chi connectivity index (χ1n) is 6.27. The third-order valence-electron chi connectivity index (χ3n) is 3.14. The predicted molar refractivity (Wildman–Crippen MR) is 90.1 cm³/mol. The van der Waals surface area contributed by atoms with E-state index >= 15 is 0 Å². The number of anilines is 1. The molecule has 0 heterocycles. The van der Waals surface area contributed by atoms with Gasteiger partial charge in [-0.25, -0.2) is 0 Å². The molecule has 0 aliphatic heterocycles. The Morgan fingerprint density at radius 3 is 2.45 bits per heavy atom. The van der Waals surface area contributed by atoms with Gasteiger partial charge in [-0.3, -0.25) is 4.79 Å². The van der Waals surface area contributed by atoms with Gasteiger partial charge in [0.1, 0.15) is 0 Å². The highest BCUT2D eigenvalue weighted by atomic mass is 79.9. The first kappa shape index (κ1) is 15.3. The van der Waals surface area contributed by atoms with E-state index in [-0.39, 0.29) is 5.91 Å². The molecule has 1 amide bonds. The molecule has 0 radical (unpaired) electrons. The molecule has 104 valence electrons. The van der Waals surface area contributed by atoms with Crippen molar-refractivity contribution in [2.75, 3.05) is 5.32 Å². The number of halogens is 2. The highest BCUT2D eigenvalue weighted by Gasteiger charge is 2.07. The number of rotatable bonds is 3. The average molecular weight is 397 g/mol. The number of nitrogens with one attached hydrogen (secondary N) is 1. The van der Waals surface area contributed by atoms with Crippen LogP contribution in [0.25, 0.3) is 0 Å². The number of aryl methyl sites for hydroxylation is 2. The fraction of sp³-hybridized carbons (Fsp3) is 0.188. The van der Waals surface area contributed by atoms with Gasteiger partial charge in [0, 0.05) is 8.95 Å².